The van der Waals surface area contributed by atoms with Crippen molar-refractivity contribution < 1.29 is 38.1 Å². The highest BCUT2D eigenvalue weighted by atomic mass is 16.7. The highest BCUT2D eigenvalue weighted by Crippen LogP contribution is 2.30. The standard InChI is InChI=1S/C34H38O8/c1-2-3-4-5-6-16-23-38-34-30(42-33(37)27-21-14-9-15-22-27)29(41-32(36)26-19-12-8-13-20-26)28(40-34)24-39-31(35)25-17-10-7-11-18-25/h7-15,17-22,28-30,34H,2-6,16,23-24H2,1H3/t28-,29-,30+,34+/m1/s1. The van der Waals surface area contributed by atoms with Gasteiger partial charge in [0.05, 0.1) is 16.7 Å². The summed E-state index contributed by atoms with van der Waals surface area (Å²) < 4.78 is 29.5. The number of ether oxygens (including phenoxy) is 5. The first kappa shape index (κ1) is 30.9. The number of carbonyl (C=O) groups is 3. The van der Waals surface area contributed by atoms with Gasteiger partial charge in [-0.05, 0) is 42.8 Å². The first-order chi connectivity index (χ1) is 20.6. The minimum absolute atomic E-state index is 0.239. The molecule has 0 amide bonds. The van der Waals surface area contributed by atoms with Gasteiger partial charge in [-0.3, -0.25) is 0 Å². The van der Waals surface area contributed by atoms with Crippen LogP contribution in [0.15, 0.2) is 91.0 Å². The predicted molar refractivity (Wildman–Crippen MR) is 156 cm³/mol. The van der Waals surface area contributed by atoms with Crippen molar-refractivity contribution in [3.63, 3.8) is 0 Å². The van der Waals surface area contributed by atoms with Crippen molar-refractivity contribution >= 4 is 17.9 Å². The van der Waals surface area contributed by atoms with E-state index in [1.54, 1.807) is 91.0 Å². The summed E-state index contributed by atoms with van der Waals surface area (Å²) in [7, 11) is 0. The number of esters is 3. The normalized spacial score (nSPS) is 19.6. The molecule has 1 saturated heterocycles. The molecular weight excluding hydrogens is 536 g/mol. The minimum Gasteiger partial charge on any atom is -0.459 e. The second-order valence-corrected chi connectivity index (χ2v) is 10.1. The van der Waals surface area contributed by atoms with Crippen LogP contribution in [0.2, 0.25) is 0 Å². The monoisotopic (exact) mass is 574 g/mol. The molecule has 42 heavy (non-hydrogen) atoms. The summed E-state index contributed by atoms with van der Waals surface area (Å²) in [6.45, 7) is 2.30. The molecule has 0 radical (unpaired) electrons. The molecule has 1 aliphatic rings. The molecule has 1 heterocycles. The van der Waals surface area contributed by atoms with Gasteiger partial charge in [0, 0.05) is 6.61 Å². The molecule has 1 fully saturated rings. The highest BCUT2D eigenvalue weighted by Gasteiger charge is 2.51. The molecule has 4 atom stereocenters. The molecule has 0 aromatic heterocycles. The maximum absolute atomic E-state index is 13.1. The van der Waals surface area contributed by atoms with Gasteiger partial charge in [-0.1, -0.05) is 93.6 Å². The molecule has 8 nitrogen and oxygen atoms in total. The van der Waals surface area contributed by atoms with Gasteiger partial charge in [0.25, 0.3) is 0 Å². The summed E-state index contributed by atoms with van der Waals surface area (Å²) in [5.74, 6) is -1.79. The lowest BCUT2D eigenvalue weighted by atomic mass is 10.1. The molecule has 3 aromatic carbocycles. The van der Waals surface area contributed by atoms with Crippen molar-refractivity contribution in [3.8, 4) is 0 Å². The quantitative estimate of drug-likeness (QED) is 0.117. The van der Waals surface area contributed by atoms with Crippen molar-refractivity contribution in [2.45, 2.75) is 70.1 Å². The molecule has 8 heteroatoms. The average molecular weight is 575 g/mol. The Balaban J connectivity index is 1.52. The van der Waals surface area contributed by atoms with E-state index in [1.807, 2.05) is 0 Å². The number of carbonyl (C=O) groups excluding carboxylic acids is 3. The van der Waals surface area contributed by atoms with Gasteiger partial charge in [-0.2, -0.15) is 0 Å². The largest absolute Gasteiger partial charge is 0.459 e. The summed E-state index contributed by atoms with van der Waals surface area (Å²) >= 11 is 0. The predicted octanol–water partition coefficient (Wildman–Crippen LogP) is 6.40. The van der Waals surface area contributed by atoms with Crippen LogP contribution >= 0.6 is 0 Å². The van der Waals surface area contributed by atoms with Crippen LogP contribution in [-0.4, -0.2) is 55.7 Å². The maximum Gasteiger partial charge on any atom is 0.338 e. The van der Waals surface area contributed by atoms with Crippen LogP contribution in [-0.2, 0) is 23.7 Å². The van der Waals surface area contributed by atoms with Crippen molar-refractivity contribution in [2.75, 3.05) is 13.2 Å². The van der Waals surface area contributed by atoms with Crippen molar-refractivity contribution in [2.24, 2.45) is 0 Å². The number of benzene rings is 3. The number of rotatable bonds is 15. The van der Waals surface area contributed by atoms with Crippen molar-refractivity contribution in [3.05, 3.63) is 108 Å². The molecule has 0 bridgehead atoms. The van der Waals surface area contributed by atoms with Crippen LogP contribution in [0.4, 0.5) is 0 Å². The van der Waals surface area contributed by atoms with E-state index in [1.165, 1.54) is 19.3 Å². The van der Waals surface area contributed by atoms with Gasteiger partial charge in [0.15, 0.2) is 18.5 Å². The van der Waals surface area contributed by atoms with Crippen LogP contribution < -0.4 is 0 Å². The molecule has 0 aliphatic carbocycles. The summed E-state index contributed by atoms with van der Waals surface area (Å²) in [4.78, 5) is 38.9. The van der Waals surface area contributed by atoms with Gasteiger partial charge < -0.3 is 23.7 Å². The van der Waals surface area contributed by atoms with E-state index in [0.29, 0.717) is 23.3 Å². The molecule has 1 aliphatic heterocycles. The van der Waals surface area contributed by atoms with E-state index in [-0.39, 0.29) is 6.61 Å². The SMILES string of the molecule is CCCCCCCCO[C@H]1O[C@H](COC(=O)c2ccccc2)[C@@H](OC(=O)c2ccccc2)[C@@H]1OC(=O)c1ccccc1. The van der Waals surface area contributed by atoms with Gasteiger partial charge in [0.2, 0.25) is 0 Å². The first-order valence-corrected chi connectivity index (χ1v) is 14.6. The Labute approximate surface area is 246 Å². The summed E-state index contributed by atoms with van der Waals surface area (Å²) in [5, 5.41) is 0. The van der Waals surface area contributed by atoms with Gasteiger partial charge in [-0.15, -0.1) is 0 Å². The van der Waals surface area contributed by atoms with E-state index in [4.69, 9.17) is 23.7 Å². The lowest BCUT2D eigenvalue weighted by Crippen LogP contribution is -2.42. The van der Waals surface area contributed by atoms with Gasteiger partial charge >= 0.3 is 17.9 Å². The maximum atomic E-state index is 13.1. The first-order valence-electron chi connectivity index (χ1n) is 14.6. The lowest BCUT2D eigenvalue weighted by Gasteiger charge is -2.24. The third-order valence-corrected chi connectivity index (χ3v) is 6.94. The second-order valence-electron chi connectivity index (χ2n) is 10.1. The van der Waals surface area contributed by atoms with Crippen molar-refractivity contribution in [1.29, 1.82) is 0 Å². The Morgan fingerprint density at radius 3 is 1.64 bits per heavy atom. The second kappa shape index (κ2) is 16.4. The molecule has 0 spiro atoms. The molecule has 0 N–H and O–H groups in total. The van der Waals surface area contributed by atoms with Crippen LogP contribution in [0.1, 0.15) is 76.5 Å². The summed E-state index contributed by atoms with van der Waals surface area (Å²) in [6, 6.07) is 25.6. The lowest BCUT2D eigenvalue weighted by molar-refractivity contribution is -0.171. The van der Waals surface area contributed by atoms with E-state index in [2.05, 4.69) is 6.92 Å². The van der Waals surface area contributed by atoms with Crippen molar-refractivity contribution in [1.82, 2.24) is 0 Å². The Morgan fingerprint density at radius 2 is 1.10 bits per heavy atom. The third kappa shape index (κ3) is 8.99. The van der Waals surface area contributed by atoms with E-state index >= 15 is 0 Å². The zero-order valence-corrected chi connectivity index (χ0v) is 23.9. The van der Waals surface area contributed by atoms with E-state index < -0.39 is 42.5 Å². The van der Waals surface area contributed by atoms with E-state index in [9.17, 15) is 14.4 Å². The molecular formula is C34H38O8. The Hall–Kier alpha value is -4.01. The Kier molecular flexibility index (Phi) is 12.1. The smallest absolute Gasteiger partial charge is 0.338 e. The molecule has 0 unspecified atom stereocenters. The number of hydrogen-bond acceptors (Lipinski definition) is 8. The Bertz CT molecular complexity index is 1250. The fraction of sp³-hybridized carbons (Fsp3) is 0.382. The zero-order chi connectivity index (χ0) is 29.6. The summed E-state index contributed by atoms with van der Waals surface area (Å²) in [6.07, 6.45) is 2.27. The number of hydrogen-bond donors (Lipinski definition) is 0. The molecule has 3 aromatic rings. The zero-order valence-electron chi connectivity index (χ0n) is 23.9. The minimum atomic E-state index is -1.09. The average Bonchev–Trinajstić information content (AvgIpc) is 3.35. The fourth-order valence-corrected chi connectivity index (χ4v) is 4.66. The summed E-state index contributed by atoms with van der Waals surface area (Å²) in [5.41, 5.74) is 1.03. The molecule has 222 valence electrons. The fourth-order valence-electron chi connectivity index (χ4n) is 4.66. The van der Waals surface area contributed by atoms with Gasteiger partial charge in [-0.25, -0.2) is 14.4 Å². The van der Waals surface area contributed by atoms with Crippen LogP contribution in [0.3, 0.4) is 0 Å². The van der Waals surface area contributed by atoms with Crippen LogP contribution in [0.25, 0.3) is 0 Å². The Morgan fingerprint density at radius 1 is 0.619 bits per heavy atom. The van der Waals surface area contributed by atoms with Crippen LogP contribution in [0, 0.1) is 0 Å². The van der Waals surface area contributed by atoms with Gasteiger partial charge in [0.1, 0.15) is 12.7 Å². The van der Waals surface area contributed by atoms with E-state index in [0.717, 1.165) is 19.3 Å². The third-order valence-electron chi connectivity index (χ3n) is 6.94. The topological polar surface area (TPSA) is 97.4 Å². The number of unbranched alkanes of at least 4 members (excludes halogenated alkanes) is 5. The highest BCUT2D eigenvalue weighted by molar-refractivity contribution is 5.91. The molecule has 0 saturated carbocycles. The van der Waals surface area contributed by atoms with Crippen LogP contribution in [0.5, 0.6) is 0 Å². The molecule has 4 rings (SSSR count).